The molecule has 0 atom stereocenters. The lowest BCUT2D eigenvalue weighted by molar-refractivity contribution is 0.242. The standard InChI is InChI=1S/C17H17ClN2O/c1-10(2)21-16-7-5-12(9-13(16)18)17-19-14-6-4-11(3)8-15(14)20-17/h4-10H,1-3H3,(H,19,20). The second-order valence-corrected chi connectivity index (χ2v) is 5.83. The smallest absolute Gasteiger partial charge is 0.138 e. The molecule has 1 heterocycles. The molecule has 0 aliphatic heterocycles. The molecule has 3 nitrogen and oxygen atoms in total. The molecule has 1 aromatic heterocycles. The lowest BCUT2D eigenvalue weighted by atomic mass is 10.2. The molecule has 1 N–H and O–H groups in total. The highest BCUT2D eigenvalue weighted by molar-refractivity contribution is 6.32. The highest BCUT2D eigenvalue weighted by atomic mass is 35.5. The van der Waals surface area contributed by atoms with Crippen molar-refractivity contribution in [2.75, 3.05) is 0 Å². The summed E-state index contributed by atoms with van der Waals surface area (Å²) in [5.74, 6) is 1.51. The molecule has 0 saturated heterocycles. The quantitative estimate of drug-likeness (QED) is 0.741. The van der Waals surface area contributed by atoms with E-state index in [0.29, 0.717) is 10.8 Å². The number of halogens is 1. The van der Waals surface area contributed by atoms with Crippen LogP contribution in [0.2, 0.25) is 5.02 Å². The van der Waals surface area contributed by atoms with Gasteiger partial charge in [-0.15, -0.1) is 0 Å². The number of nitrogens with one attached hydrogen (secondary N) is 1. The molecule has 2 aromatic carbocycles. The molecule has 0 fully saturated rings. The summed E-state index contributed by atoms with van der Waals surface area (Å²) in [5.41, 5.74) is 4.14. The van der Waals surface area contributed by atoms with E-state index in [9.17, 15) is 0 Å². The fraction of sp³-hybridized carbons (Fsp3) is 0.235. The maximum Gasteiger partial charge on any atom is 0.138 e. The van der Waals surface area contributed by atoms with Gasteiger partial charge < -0.3 is 9.72 Å². The van der Waals surface area contributed by atoms with Crippen molar-refractivity contribution in [3.8, 4) is 17.1 Å². The predicted molar refractivity (Wildman–Crippen MR) is 87.0 cm³/mol. The summed E-state index contributed by atoms with van der Waals surface area (Å²) < 4.78 is 5.65. The SMILES string of the molecule is Cc1ccc2nc(-c3ccc(OC(C)C)c(Cl)c3)[nH]c2c1. The van der Waals surface area contributed by atoms with E-state index in [-0.39, 0.29) is 6.10 Å². The Kier molecular flexibility index (Phi) is 3.60. The first-order valence-corrected chi connectivity index (χ1v) is 7.33. The molecular formula is C17H17ClN2O. The lowest BCUT2D eigenvalue weighted by Crippen LogP contribution is -2.05. The molecule has 0 aliphatic rings. The molecule has 0 amide bonds. The summed E-state index contributed by atoms with van der Waals surface area (Å²) in [6.07, 6.45) is 0.0996. The average molecular weight is 301 g/mol. The third kappa shape index (κ3) is 2.88. The van der Waals surface area contributed by atoms with Gasteiger partial charge >= 0.3 is 0 Å². The molecule has 21 heavy (non-hydrogen) atoms. The van der Waals surface area contributed by atoms with Crippen molar-refractivity contribution in [1.82, 2.24) is 9.97 Å². The van der Waals surface area contributed by atoms with Crippen LogP contribution in [-0.4, -0.2) is 16.1 Å². The molecular weight excluding hydrogens is 284 g/mol. The van der Waals surface area contributed by atoms with Crippen molar-refractivity contribution >= 4 is 22.6 Å². The molecule has 3 rings (SSSR count). The van der Waals surface area contributed by atoms with Crippen LogP contribution >= 0.6 is 11.6 Å². The zero-order valence-electron chi connectivity index (χ0n) is 12.3. The molecule has 108 valence electrons. The summed E-state index contributed by atoms with van der Waals surface area (Å²) in [4.78, 5) is 7.93. The number of benzene rings is 2. The van der Waals surface area contributed by atoms with Gasteiger partial charge in [-0.05, 0) is 56.7 Å². The molecule has 3 aromatic rings. The summed E-state index contributed by atoms with van der Waals surface area (Å²) >= 11 is 6.28. The van der Waals surface area contributed by atoms with Crippen molar-refractivity contribution in [2.45, 2.75) is 26.9 Å². The molecule has 0 radical (unpaired) electrons. The average Bonchev–Trinajstić information content (AvgIpc) is 2.83. The minimum atomic E-state index is 0.0996. The van der Waals surface area contributed by atoms with E-state index in [1.54, 1.807) is 0 Å². The van der Waals surface area contributed by atoms with Crippen LogP contribution in [0.3, 0.4) is 0 Å². The first kappa shape index (κ1) is 14.0. The van der Waals surface area contributed by atoms with Gasteiger partial charge in [0.25, 0.3) is 0 Å². The number of ether oxygens (including phenoxy) is 1. The van der Waals surface area contributed by atoms with Gasteiger partial charge in [0.15, 0.2) is 0 Å². The Labute approximate surface area is 128 Å². The Morgan fingerprint density at radius 3 is 2.67 bits per heavy atom. The number of nitrogens with zero attached hydrogens (tertiary/aromatic N) is 1. The number of hydrogen-bond donors (Lipinski definition) is 1. The lowest BCUT2D eigenvalue weighted by Gasteiger charge is -2.11. The zero-order chi connectivity index (χ0) is 15.0. The van der Waals surface area contributed by atoms with E-state index >= 15 is 0 Å². The van der Waals surface area contributed by atoms with Crippen LogP contribution in [0.5, 0.6) is 5.75 Å². The topological polar surface area (TPSA) is 37.9 Å². The van der Waals surface area contributed by atoms with Gasteiger partial charge in [0, 0.05) is 5.56 Å². The van der Waals surface area contributed by atoms with Gasteiger partial charge in [-0.1, -0.05) is 17.7 Å². The fourth-order valence-corrected chi connectivity index (χ4v) is 2.48. The first-order chi connectivity index (χ1) is 10.0. The van der Waals surface area contributed by atoms with E-state index in [1.807, 2.05) is 38.1 Å². The second-order valence-electron chi connectivity index (χ2n) is 5.42. The number of hydrogen-bond acceptors (Lipinski definition) is 2. The van der Waals surface area contributed by atoms with Crippen LogP contribution < -0.4 is 4.74 Å². The molecule has 4 heteroatoms. The predicted octanol–water partition coefficient (Wildman–Crippen LogP) is 4.98. The summed E-state index contributed by atoms with van der Waals surface area (Å²) in [6.45, 7) is 6.02. The van der Waals surface area contributed by atoms with Crippen LogP contribution in [-0.2, 0) is 0 Å². The molecule has 0 bridgehead atoms. The molecule has 0 saturated carbocycles. The van der Waals surface area contributed by atoms with Gasteiger partial charge in [-0.2, -0.15) is 0 Å². The minimum Gasteiger partial charge on any atom is -0.489 e. The Hall–Kier alpha value is -2.00. The number of aromatic nitrogens is 2. The number of aromatic amines is 1. The van der Waals surface area contributed by atoms with E-state index in [2.05, 4.69) is 29.0 Å². The minimum absolute atomic E-state index is 0.0996. The largest absolute Gasteiger partial charge is 0.489 e. The van der Waals surface area contributed by atoms with Crippen LogP contribution in [0.4, 0.5) is 0 Å². The number of H-pyrrole nitrogens is 1. The van der Waals surface area contributed by atoms with Crippen molar-refractivity contribution in [1.29, 1.82) is 0 Å². The maximum atomic E-state index is 6.28. The maximum absolute atomic E-state index is 6.28. The summed E-state index contributed by atoms with van der Waals surface area (Å²) in [7, 11) is 0. The Balaban J connectivity index is 2.00. The van der Waals surface area contributed by atoms with Crippen LogP contribution in [0.15, 0.2) is 36.4 Å². The van der Waals surface area contributed by atoms with Crippen molar-refractivity contribution in [3.63, 3.8) is 0 Å². The number of imidazole rings is 1. The van der Waals surface area contributed by atoms with Crippen molar-refractivity contribution in [3.05, 3.63) is 47.0 Å². The summed E-state index contributed by atoms with van der Waals surface area (Å²) in [5, 5.41) is 0.595. The number of aryl methyl sites for hydroxylation is 1. The number of fused-ring (bicyclic) bond motifs is 1. The van der Waals surface area contributed by atoms with Crippen LogP contribution in [0.1, 0.15) is 19.4 Å². The van der Waals surface area contributed by atoms with Crippen molar-refractivity contribution in [2.24, 2.45) is 0 Å². The Bertz CT molecular complexity index is 793. The molecule has 0 aliphatic carbocycles. The number of rotatable bonds is 3. The third-order valence-electron chi connectivity index (χ3n) is 3.21. The highest BCUT2D eigenvalue weighted by Gasteiger charge is 2.09. The van der Waals surface area contributed by atoms with E-state index < -0.39 is 0 Å². The normalized spacial score (nSPS) is 11.3. The van der Waals surface area contributed by atoms with Crippen LogP contribution in [0.25, 0.3) is 22.4 Å². The van der Waals surface area contributed by atoms with E-state index in [1.165, 1.54) is 5.56 Å². The first-order valence-electron chi connectivity index (χ1n) is 6.96. The third-order valence-corrected chi connectivity index (χ3v) is 3.50. The zero-order valence-corrected chi connectivity index (χ0v) is 13.0. The fourth-order valence-electron chi connectivity index (χ4n) is 2.26. The van der Waals surface area contributed by atoms with E-state index in [0.717, 1.165) is 22.4 Å². The second kappa shape index (κ2) is 5.41. The monoisotopic (exact) mass is 300 g/mol. The van der Waals surface area contributed by atoms with Gasteiger partial charge in [0.05, 0.1) is 22.2 Å². The van der Waals surface area contributed by atoms with Gasteiger partial charge in [-0.3, -0.25) is 0 Å². The highest BCUT2D eigenvalue weighted by Crippen LogP contribution is 2.30. The van der Waals surface area contributed by atoms with Gasteiger partial charge in [-0.25, -0.2) is 4.98 Å². The van der Waals surface area contributed by atoms with Gasteiger partial charge in [0.1, 0.15) is 11.6 Å². The van der Waals surface area contributed by atoms with Gasteiger partial charge in [0.2, 0.25) is 0 Å². The van der Waals surface area contributed by atoms with E-state index in [4.69, 9.17) is 16.3 Å². The van der Waals surface area contributed by atoms with Crippen LogP contribution in [0, 0.1) is 6.92 Å². The molecule has 0 unspecified atom stereocenters. The Morgan fingerprint density at radius 1 is 1.14 bits per heavy atom. The Morgan fingerprint density at radius 2 is 1.95 bits per heavy atom. The summed E-state index contributed by atoms with van der Waals surface area (Å²) in [6, 6.07) is 11.9. The van der Waals surface area contributed by atoms with Crippen molar-refractivity contribution < 1.29 is 4.74 Å². The molecule has 0 spiro atoms.